The molecule has 0 spiro atoms. The molecule has 5 nitrogen and oxygen atoms in total. The number of rotatable bonds is 2. The third-order valence-electron chi connectivity index (χ3n) is 1.86. The highest BCUT2D eigenvalue weighted by Gasteiger charge is 2.06. The second-order valence-electron chi connectivity index (χ2n) is 2.96. The van der Waals surface area contributed by atoms with E-state index in [1.165, 1.54) is 12.4 Å². The zero-order valence-corrected chi connectivity index (χ0v) is 9.55. The fourth-order valence-corrected chi connectivity index (χ4v) is 1.31. The van der Waals surface area contributed by atoms with E-state index >= 15 is 0 Å². The van der Waals surface area contributed by atoms with E-state index < -0.39 is 5.97 Å². The summed E-state index contributed by atoms with van der Waals surface area (Å²) in [6, 6.07) is 3.57. The van der Waals surface area contributed by atoms with Gasteiger partial charge in [0.25, 0.3) is 0 Å². The number of aromatic nitrogens is 3. The normalized spacial score (nSPS) is 10.1. The first-order valence-corrected chi connectivity index (χ1v) is 5.13. The van der Waals surface area contributed by atoms with Gasteiger partial charge in [0.15, 0.2) is 5.82 Å². The quantitative estimate of drug-likeness (QED) is 0.910. The molecule has 0 aromatic carbocycles. The molecular formula is C10H6BrN3O2. The van der Waals surface area contributed by atoms with Gasteiger partial charge in [-0.3, -0.25) is 4.98 Å². The van der Waals surface area contributed by atoms with Crippen LogP contribution in [-0.2, 0) is 0 Å². The molecule has 0 bridgehead atoms. The lowest BCUT2D eigenvalue weighted by Crippen LogP contribution is -2.00. The van der Waals surface area contributed by atoms with Crippen molar-refractivity contribution in [1.29, 1.82) is 0 Å². The van der Waals surface area contributed by atoms with Crippen LogP contribution in [-0.4, -0.2) is 26.0 Å². The van der Waals surface area contributed by atoms with Crippen LogP contribution in [0.2, 0.25) is 0 Å². The minimum Gasteiger partial charge on any atom is -0.478 e. The van der Waals surface area contributed by atoms with Crippen molar-refractivity contribution in [2.24, 2.45) is 0 Å². The van der Waals surface area contributed by atoms with E-state index in [0.717, 1.165) is 4.47 Å². The van der Waals surface area contributed by atoms with Crippen LogP contribution in [0.15, 0.2) is 35.2 Å². The zero-order valence-electron chi connectivity index (χ0n) is 7.96. The molecule has 0 fully saturated rings. The van der Waals surface area contributed by atoms with E-state index in [-0.39, 0.29) is 5.56 Å². The number of halogens is 1. The lowest BCUT2D eigenvalue weighted by atomic mass is 10.3. The molecule has 2 aromatic rings. The molecule has 0 saturated heterocycles. The van der Waals surface area contributed by atoms with Gasteiger partial charge in [-0.1, -0.05) is 0 Å². The van der Waals surface area contributed by atoms with Crippen molar-refractivity contribution < 1.29 is 9.90 Å². The molecule has 16 heavy (non-hydrogen) atoms. The highest BCUT2D eigenvalue weighted by Crippen LogP contribution is 2.14. The van der Waals surface area contributed by atoms with Gasteiger partial charge in [0.1, 0.15) is 5.69 Å². The van der Waals surface area contributed by atoms with Gasteiger partial charge in [-0.15, -0.1) is 0 Å². The molecule has 0 aliphatic heterocycles. The number of aromatic carboxylic acids is 1. The van der Waals surface area contributed by atoms with E-state index in [4.69, 9.17) is 5.11 Å². The molecule has 2 rings (SSSR count). The Morgan fingerprint density at radius 2 is 1.81 bits per heavy atom. The van der Waals surface area contributed by atoms with Crippen LogP contribution in [0, 0.1) is 0 Å². The Labute approximate surface area is 99.3 Å². The Morgan fingerprint density at radius 1 is 1.12 bits per heavy atom. The summed E-state index contributed by atoms with van der Waals surface area (Å²) in [6.07, 6.45) is 4.15. The number of hydrogen-bond donors (Lipinski definition) is 1. The number of hydrogen-bond acceptors (Lipinski definition) is 4. The summed E-state index contributed by atoms with van der Waals surface area (Å²) in [7, 11) is 0. The summed E-state index contributed by atoms with van der Waals surface area (Å²) in [5.41, 5.74) is 0.654. The van der Waals surface area contributed by atoms with E-state index in [0.29, 0.717) is 11.5 Å². The van der Waals surface area contributed by atoms with Crippen LogP contribution in [0.5, 0.6) is 0 Å². The Hall–Kier alpha value is -1.82. The Kier molecular flexibility index (Phi) is 2.91. The molecule has 0 radical (unpaired) electrons. The summed E-state index contributed by atoms with van der Waals surface area (Å²) in [4.78, 5) is 22.6. The van der Waals surface area contributed by atoms with Crippen molar-refractivity contribution in [3.05, 3.63) is 40.8 Å². The van der Waals surface area contributed by atoms with Gasteiger partial charge in [-0.2, -0.15) is 0 Å². The summed E-state index contributed by atoms with van der Waals surface area (Å²) in [5.74, 6) is -0.646. The molecule has 80 valence electrons. The minimum absolute atomic E-state index is 0.0564. The third-order valence-corrected chi connectivity index (χ3v) is 2.32. The van der Waals surface area contributed by atoms with Gasteiger partial charge in [0, 0.05) is 23.1 Å². The average Bonchev–Trinajstić information content (AvgIpc) is 2.30. The Balaban J connectivity index is 2.34. The van der Waals surface area contributed by atoms with Crippen molar-refractivity contribution in [2.75, 3.05) is 0 Å². The van der Waals surface area contributed by atoms with E-state index in [2.05, 4.69) is 30.9 Å². The number of carboxylic acids is 1. The number of carboxylic acid groups (broad SMARTS) is 1. The van der Waals surface area contributed by atoms with Crippen molar-refractivity contribution in [3.63, 3.8) is 0 Å². The lowest BCUT2D eigenvalue weighted by Gasteiger charge is -1.99. The number of pyridine rings is 1. The van der Waals surface area contributed by atoms with E-state index in [9.17, 15) is 4.79 Å². The predicted octanol–water partition coefficient (Wildman–Crippen LogP) is 2.00. The van der Waals surface area contributed by atoms with Crippen LogP contribution >= 0.6 is 15.9 Å². The number of carbonyl (C=O) groups is 1. The first kappa shape index (κ1) is 10.7. The largest absolute Gasteiger partial charge is 0.478 e. The molecule has 1 N–H and O–H groups in total. The van der Waals surface area contributed by atoms with Crippen molar-refractivity contribution in [1.82, 2.24) is 15.0 Å². The Morgan fingerprint density at radius 3 is 2.31 bits per heavy atom. The highest BCUT2D eigenvalue weighted by molar-refractivity contribution is 9.10. The fourth-order valence-electron chi connectivity index (χ4n) is 1.08. The minimum atomic E-state index is -1.05. The summed E-state index contributed by atoms with van der Waals surface area (Å²) in [5, 5.41) is 8.68. The fraction of sp³-hybridized carbons (Fsp3) is 0. The van der Waals surface area contributed by atoms with Crippen molar-refractivity contribution in [2.45, 2.75) is 0 Å². The first-order chi connectivity index (χ1) is 7.66. The topological polar surface area (TPSA) is 76.0 Å². The smallest absolute Gasteiger partial charge is 0.338 e. The van der Waals surface area contributed by atoms with Crippen LogP contribution in [0.1, 0.15) is 10.4 Å². The molecule has 0 unspecified atom stereocenters. The molecule has 0 atom stereocenters. The summed E-state index contributed by atoms with van der Waals surface area (Å²) >= 11 is 3.27. The van der Waals surface area contributed by atoms with Crippen molar-refractivity contribution in [3.8, 4) is 11.5 Å². The molecule has 0 saturated carbocycles. The third kappa shape index (κ3) is 2.22. The van der Waals surface area contributed by atoms with Crippen LogP contribution in [0.3, 0.4) is 0 Å². The Bertz CT molecular complexity index is 511. The predicted molar refractivity (Wildman–Crippen MR) is 59.9 cm³/mol. The zero-order chi connectivity index (χ0) is 11.5. The second-order valence-corrected chi connectivity index (χ2v) is 3.88. The van der Waals surface area contributed by atoms with Gasteiger partial charge in [0.2, 0.25) is 0 Å². The van der Waals surface area contributed by atoms with Crippen LogP contribution in [0.25, 0.3) is 11.5 Å². The van der Waals surface area contributed by atoms with E-state index in [1.807, 2.05) is 6.07 Å². The van der Waals surface area contributed by atoms with Gasteiger partial charge < -0.3 is 5.11 Å². The maximum absolute atomic E-state index is 10.6. The highest BCUT2D eigenvalue weighted by atomic mass is 79.9. The molecule has 2 heterocycles. The average molecular weight is 280 g/mol. The first-order valence-electron chi connectivity index (χ1n) is 4.34. The molecule has 0 aliphatic carbocycles. The molecule has 6 heteroatoms. The van der Waals surface area contributed by atoms with Gasteiger partial charge >= 0.3 is 5.97 Å². The SMILES string of the molecule is O=C(O)c1cnc(-c2ccc(Br)cn2)nc1. The van der Waals surface area contributed by atoms with Gasteiger partial charge in [-0.05, 0) is 28.1 Å². The summed E-state index contributed by atoms with van der Waals surface area (Å²) < 4.78 is 0.860. The maximum Gasteiger partial charge on any atom is 0.338 e. The van der Waals surface area contributed by atoms with Gasteiger partial charge in [-0.25, -0.2) is 14.8 Å². The molecular weight excluding hydrogens is 274 g/mol. The van der Waals surface area contributed by atoms with Gasteiger partial charge in [0.05, 0.1) is 5.56 Å². The monoisotopic (exact) mass is 279 g/mol. The van der Waals surface area contributed by atoms with Crippen molar-refractivity contribution >= 4 is 21.9 Å². The second kappa shape index (κ2) is 4.36. The summed E-state index contributed by atoms with van der Waals surface area (Å²) in [6.45, 7) is 0. The molecule has 0 amide bonds. The van der Waals surface area contributed by atoms with Crippen LogP contribution < -0.4 is 0 Å². The molecule has 2 aromatic heterocycles. The standard InChI is InChI=1S/C10H6BrN3O2/c11-7-1-2-8(12-5-7)9-13-3-6(4-14-9)10(15)16/h1-5H,(H,15,16). The van der Waals surface area contributed by atoms with Crippen LogP contribution in [0.4, 0.5) is 0 Å². The maximum atomic E-state index is 10.6. The lowest BCUT2D eigenvalue weighted by molar-refractivity contribution is 0.0696. The van der Waals surface area contributed by atoms with E-state index in [1.54, 1.807) is 12.3 Å². The number of nitrogens with zero attached hydrogens (tertiary/aromatic N) is 3. The molecule has 0 aliphatic rings.